The molecule has 1 aliphatic heterocycles. The zero-order valence-electron chi connectivity index (χ0n) is 5.26. The number of hydrazine groups is 5. The second-order valence-electron chi connectivity index (χ2n) is 1.59. The van der Waals surface area contributed by atoms with Crippen LogP contribution < -0.4 is 22.6 Å². The molecule has 6 N–H and O–H groups in total. The first-order valence-electron chi connectivity index (χ1n) is 2.45. The highest BCUT2D eigenvalue weighted by molar-refractivity contribution is 5.78. The number of rotatable bonds is 1. The predicted molar refractivity (Wildman–Crippen MR) is 32.8 cm³/mol. The van der Waals surface area contributed by atoms with Crippen molar-refractivity contribution in [2.24, 2.45) is 16.8 Å². The number of nitro groups is 1. The Bertz CT molecular complexity index is 198. The second-order valence-corrected chi connectivity index (χ2v) is 1.59. The summed E-state index contributed by atoms with van der Waals surface area (Å²) in [6, 6.07) is 0. The highest BCUT2D eigenvalue weighted by atomic mass is 16.7. The fourth-order valence-corrected chi connectivity index (χ4v) is 0.458. The van der Waals surface area contributed by atoms with Crippen LogP contribution >= 0.6 is 0 Å². The van der Waals surface area contributed by atoms with E-state index in [4.69, 9.17) is 11.7 Å². The fraction of sp³-hybridized carbons (Fsp3) is 0. The molecule has 0 atom stereocenters. The van der Waals surface area contributed by atoms with E-state index in [9.17, 15) is 10.1 Å². The topological polar surface area (TPSA) is 138 Å². The van der Waals surface area contributed by atoms with E-state index in [1.807, 2.05) is 0 Å². The molecule has 62 valence electrons. The molecule has 10 nitrogen and oxygen atoms in total. The van der Waals surface area contributed by atoms with Crippen LogP contribution in [0.3, 0.4) is 0 Å². The zero-order valence-corrected chi connectivity index (χ0v) is 5.26. The van der Waals surface area contributed by atoms with Gasteiger partial charge < -0.3 is 0 Å². The summed E-state index contributed by atoms with van der Waals surface area (Å²) in [4.78, 5) is 9.85. The molecule has 0 radical (unpaired) electrons. The van der Waals surface area contributed by atoms with Gasteiger partial charge in [0.1, 0.15) is 0 Å². The van der Waals surface area contributed by atoms with E-state index in [0.717, 1.165) is 10.3 Å². The van der Waals surface area contributed by atoms with Crippen LogP contribution in [0.2, 0.25) is 0 Å². The SMILES string of the molecule is NN1NN=C(N[N+](=O)[O-])N1N. The maximum Gasteiger partial charge on any atom is 0.311 e. The molecule has 0 saturated carbocycles. The van der Waals surface area contributed by atoms with E-state index >= 15 is 0 Å². The number of nitrogens with two attached hydrogens (primary N) is 2. The first-order chi connectivity index (χ1) is 5.11. The van der Waals surface area contributed by atoms with Gasteiger partial charge in [0.2, 0.25) is 0 Å². The summed E-state index contributed by atoms with van der Waals surface area (Å²) >= 11 is 0. The van der Waals surface area contributed by atoms with Gasteiger partial charge in [-0.3, -0.25) is 0 Å². The van der Waals surface area contributed by atoms with Gasteiger partial charge in [0.15, 0.2) is 5.03 Å². The van der Waals surface area contributed by atoms with Crippen LogP contribution in [0.1, 0.15) is 0 Å². The average molecular weight is 162 g/mol. The summed E-state index contributed by atoms with van der Waals surface area (Å²) in [6.07, 6.45) is 0. The van der Waals surface area contributed by atoms with Gasteiger partial charge in [0, 0.05) is 0 Å². The molecule has 1 rings (SSSR count). The van der Waals surface area contributed by atoms with Gasteiger partial charge in [0.05, 0.1) is 0 Å². The van der Waals surface area contributed by atoms with Crippen molar-refractivity contribution in [3.05, 3.63) is 10.1 Å². The van der Waals surface area contributed by atoms with Crippen LogP contribution in [0.15, 0.2) is 5.10 Å². The molecule has 1 heterocycles. The van der Waals surface area contributed by atoms with E-state index in [-0.39, 0.29) is 5.96 Å². The Hall–Kier alpha value is -1.65. The Morgan fingerprint density at radius 1 is 1.73 bits per heavy atom. The zero-order chi connectivity index (χ0) is 8.43. The standard InChI is InChI=1S/CH6N8O2/c2-7-1(5-9(10)11)4-6-8(7)3/h6H,2-3H2,(H,4,5). The Labute approximate surface area is 60.4 Å². The highest BCUT2D eigenvalue weighted by Gasteiger charge is 2.23. The lowest BCUT2D eigenvalue weighted by atomic mass is 11.0. The monoisotopic (exact) mass is 162 g/mol. The molecule has 0 aromatic carbocycles. The summed E-state index contributed by atoms with van der Waals surface area (Å²) in [5.74, 6) is 10.0. The Balaban J connectivity index is 2.54. The molecule has 0 aromatic rings. The molecule has 1 aliphatic rings. The third-order valence-corrected chi connectivity index (χ3v) is 0.899. The lowest BCUT2D eigenvalue weighted by Crippen LogP contribution is -2.57. The Morgan fingerprint density at radius 3 is 2.73 bits per heavy atom. The third kappa shape index (κ3) is 1.43. The number of guanidine groups is 1. The van der Waals surface area contributed by atoms with Gasteiger partial charge in [-0.25, -0.2) is 27.3 Å². The van der Waals surface area contributed by atoms with E-state index in [1.54, 1.807) is 5.43 Å². The van der Waals surface area contributed by atoms with Crippen molar-refractivity contribution < 1.29 is 5.03 Å². The van der Waals surface area contributed by atoms with Crippen molar-refractivity contribution in [1.82, 2.24) is 21.3 Å². The van der Waals surface area contributed by atoms with Crippen molar-refractivity contribution in [1.29, 1.82) is 0 Å². The Kier molecular flexibility index (Phi) is 1.72. The third-order valence-electron chi connectivity index (χ3n) is 0.899. The van der Waals surface area contributed by atoms with Crippen LogP contribution in [-0.4, -0.2) is 21.3 Å². The fourth-order valence-electron chi connectivity index (χ4n) is 0.458. The second kappa shape index (κ2) is 2.53. The number of hydrazone groups is 1. The quantitative estimate of drug-likeness (QED) is 0.180. The van der Waals surface area contributed by atoms with Gasteiger partial charge in [-0.2, -0.15) is 5.12 Å². The average Bonchev–Trinajstić information content (AvgIpc) is 2.18. The van der Waals surface area contributed by atoms with Crippen LogP contribution in [0, 0.1) is 10.1 Å². The van der Waals surface area contributed by atoms with E-state index in [0.29, 0.717) is 0 Å². The van der Waals surface area contributed by atoms with Crippen molar-refractivity contribution in [3.63, 3.8) is 0 Å². The van der Waals surface area contributed by atoms with E-state index in [1.165, 1.54) is 0 Å². The molecule has 0 fully saturated rings. The summed E-state index contributed by atoms with van der Waals surface area (Å²) < 4.78 is 0. The molecule has 0 saturated heterocycles. The van der Waals surface area contributed by atoms with Crippen LogP contribution in [0.5, 0.6) is 0 Å². The van der Waals surface area contributed by atoms with Crippen molar-refractivity contribution >= 4 is 5.96 Å². The molecular formula is CH6N8O2. The number of hydrogen-bond acceptors (Lipinski definition) is 8. The molecule has 11 heavy (non-hydrogen) atoms. The predicted octanol–water partition coefficient (Wildman–Crippen LogP) is -3.18. The minimum Gasteiger partial charge on any atom is -0.234 e. The molecule has 0 spiro atoms. The van der Waals surface area contributed by atoms with Crippen LogP contribution in [0.25, 0.3) is 0 Å². The minimum atomic E-state index is -0.806. The Morgan fingerprint density at radius 2 is 2.36 bits per heavy atom. The van der Waals surface area contributed by atoms with Crippen LogP contribution in [0.4, 0.5) is 0 Å². The summed E-state index contributed by atoms with van der Waals surface area (Å²) in [6.45, 7) is 0. The summed E-state index contributed by atoms with van der Waals surface area (Å²) in [7, 11) is 0. The molecular weight excluding hydrogens is 156 g/mol. The van der Waals surface area contributed by atoms with E-state index < -0.39 is 5.03 Å². The van der Waals surface area contributed by atoms with Gasteiger partial charge in [0.25, 0.3) is 0 Å². The van der Waals surface area contributed by atoms with Gasteiger partial charge in [-0.05, 0) is 5.23 Å². The number of hydrogen-bond donors (Lipinski definition) is 4. The van der Waals surface area contributed by atoms with Crippen molar-refractivity contribution in [2.75, 3.05) is 0 Å². The lowest BCUT2D eigenvalue weighted by Gasteiger charge is -2.16. The van der Waals surface area contributed by atoms with Gasteiger partial charge >= 0.3 is 5.96 Å². The summed E-state index contributed by atoms with van der Waals surface area (Å²) in [5.41, 5.74) is 3.87. The van der Waals surface area contributed by atoms with Crippen molar-refractivity contribution in [3.8, 4) is 0 Å². The van der Waals surface area contributed by atoms with Gasteiger partial charge in [-0.1, -0.05) is 5.43 Å². The number of nitrogens with one attached hydrogen (secondary N) is 2. The largest absolute Gasteiger partial charge is 0.311 e. The maximum atomic E-state index is 9.85. The molecule has 0 amide bonds. The van der Waals surface area contributed by atoms with Crippen molar-refractivity contribution in [2.45, 2.75) is 0 Å². The van der Waals surface area contributed by atoms with Gasteiger partial charge in [-0.15, -0.1) is 5.10 Å². The first kappa shape index (κ1) is 7.46. The normalized spacial score (nSPS) is 17.6. The lowest BCUT2D eigenvalue weighted by molar-refractivity contribution is -0.526. The molecule has 0 aromatic heterocycles. The molecule has 0 aliphatic carbocycles. The molecule has 0 unspecified atom stereocenters. The molecule has 0 bridgehead atoms. The summed E-state index contributed by atoms with van der Waals surface area (Å²) in [5, 5.41) is 13.9. The number of nitrogens with zero attached hydrogens (tertiary/aromatic N) is 4. The minimum absolute atomic E-state index is 0.197. The maximum absolute atomic E-state index is 9.85. The highest BCUT2D eigenvalue weighted by Crippen LogP contribution is 1.88. The molecule has 10 heteroatoms. The van der Waals surface area contributed by atoms with Crippen LogP contribution in [-0.2, 0) is 0 Å². The van der Waals surface area contributed by atoms with E-state index in [2.05, 4.69) is 10.6 Å². The first-order valence-corrected chi connectivity index (χ1v) is 2.45. The smallest absolute Gasteiger partial charge is 0.234 e.